The predicted octanol–water partition coefficient (Wildman–Crippen LogP) is 5.01. The molecule has 0 N–H and O–H groups in total. The summed E-state index contributed by atoms with van der Waals surface area (Å²) in [5.41, 5.74) is 4.73. The summed E-state index contributed by atoms with van der Waals surface area (Å²) in [5.74, 6) is 2.93. The maximum Gasteiger partial charge on any atom is 0.144 e. The first kappa shape index (κ1) is 17.3. The van der Waals surface area contributed by atoms with Crippen LogP contribution in [-0.2, 0) is 19.5 Å². The number of aryl methyl sites for hydroxylation is 1. The highest BCUT2D eigenvalue weighted by Gasteiger charge is 2.25. The van der Waals surface area contributed by atoms with Crippen LogP contribution in [0.25, 0.3) is 5.70 Å². The van der Waals surface area contributed by atoms with Crippen LogP contribution in [0.2, 0.25) is 0 Å². The van der Waals surface area contributed by atoms with Crippen molar-refractivity contribution in [1.29, 1.82) is 0 Å². The Bertz CT molecular complexity index is 799. The smallest absolute Gasteiger partial charge is 0.144 e. The maximum atomic E-state index is 5.24. The lowest BCUT2D eigenvalue weighted by Gasteiger charge is -2.30. The van der Waals surface area contributed by atoms with Crippen molar-refractivity contribution in [3.05, 3.63) is 53.7 Å². The molecule has 1 aliphatic heterocycles. The molecule has 0 radical (unpaired) electrons. The molecule has 1 aromatic heterocycles. The van der Waals surface area contributed by atoms with Crippen molar-refractivity contribution >= 4 is 17.4 Å². The number of ether oxygens (including phenoxy) is 1. The van der Waals surface area contributed by atoms with Gasteiger partial charge in [-0.3, -0.25) is 0 Å². The van der Waals surface area contributed by atoms with E-state index in [0.29, 0.717) is 0 Å². The molecule has 0 saturated carbocycles. The number of benzene rings is 1. The van der Waals surface area contributed by atoms with Gasteiger partial charge in [0.1, 0.15) is 17.4 Å². The molecule has 25 heavy (non-hydrogen) atoms. The molecule has 0 bridgehead atoms. The van der Waals surface area contributed by atoms with Crippen LogP contribution in [0, 0.1) is 0 Å². The van der Waals surface area contributed by atoms with Gasteiger partial charge in [-0.2, -0.15) is 0 Å². The number of nitrogens with zero attached hydrogens (tertiary/aromatic N) is 3. The molecule has 4 heteroatoms. The van der Waals surface area contributed by atoms with Crippen LogP contribution in [-0.4, -0.2) is 22.4 Å². The average Bonchev–Trinajstić information content (AvgIpc) is 2.97. The molecular formula is C21H27N3O. The van der Waals surface area contributed by atoms with Gasteiger partial charge >= 0.3 is 0 Å². The van der Waals surface area contributed by atoms with Gasteiger partial charge in [0, 0.05) is 30.0 Å². The Balaban J connectivity index is 1.92. The summed E-state index contributed by atoms with van der Waals surface area (Å²) in [5, 5.41) is 0. The maximum absolute atomic E-state index is 5.24. The van der Waals surface area contributed by atoms with E-state index < -0.39 is 0 Å². The molecule has 2 heterocycles. The molecule has 0 saturated heterocycles. The molecule has 0 amide bonds. The van der Waals surface area contributed by atoms with Crippen molar-refractivity contribution in [2.75, 3.05) is 7.11 Å². The molecule has 132 valence electrons. The van der Waals surface area contributed by atoms with Crippen molar-refractivity contribution in [3.8, 4) is 5.75 Å². The zero-order chi connectivity index (χ0) is 18.0. The summed E-state index contributed by atoms with van der Waals surface area (Å²) in [7, 11) is 1.69. The molecule has 1 aliphatic rings. The number of hydrogen-bond donors (Lipinski definition) is 0. The third-order valence-electron chi connectivity index (χ3n) is 4.76. The fourth-order valence-electron chi connectivity index (χ4n) is 3.37. The van der Waals surface area contributed by atoms with E-state index in [-0.39, 0.29) is 0 Å². The third kappa shape index (κ3) is 3.21. The molecule has 0 unspecified atom stereocenters. The topological polar surface area (TPSA) is 29.8 Å². The zero-order valence-corrected chi connectivity index (χ0v) is 15.7. The van der Waals surface area contributed by atoms with Crippen LogP contribution in [0.5, 0.6) is 5.75 Å². The third-order valence-corrected chi connectivity index (χ3v) is 4.76. The van der Waals surface area contributed by atoms with Gasteiger partial charge in [0.2, 0.25) is 0 Å². The van der Waals surface area contributed by atoms with E-state index in [4.69, 9.17) is 9.73 Å². The van der Waals surface area contributed by atoms with Crippen LogP contribution in [0.3, 0.4) is 0 Å². The second-order valence-electron chi connectivity index (χ2n) is 6.42. The summed E-state index contributed by atoms with van der Waals surface area (Å²) in [6.45, 7) is 12.6. The normalized spacial score (nSPS) is 13.7. The van der Waals surface area contributed by atoms with E-state index in [9.17, 15) is 0 Å². The van der Waals surface area contributed by atoms with E-state index in [2.05, 4.69) is 55.0 Å². The van der Waals surface area contributed by atoms with Crippen molar-refractivity contribution in [1.82, 2.24) is 9.47 Å². The number of amidine groups is 1. The van der Waals surface area contributed by atoms with E-state index >= 15 is 0 Å². The molecule has 0 fully saturated rings. The van der Waals surface area contributed by atoms with Crippen molar-refractivity contribution < 1.29 is 4.74 Å². The van der Waals surface area contributed by atoms with Gasteiger partial charge in [0.15, 0.2) is 0 Å². The monoisotopic (exact) mass is 337 g/mol. The minimum Gasteiger partial charge on any atom is -0.497 e. The van der Waals surface area contributed by atoms with Gasteiger partial charge in [-0.25, -0.2) is 4.99 Å². The Morgan fingerprint density at radius 3 is 2.48 bits per heavy atom. The number of rotatable bonds is 6. The zero-order valence-electron chi connectivity index (χ0n) is 15.7. The largest absolute Gasteiger partial charge is 0.497 e. The summed E-state index contributed by atoms with van der Waals surface area (Å²) in [6, 6.07) is 10.4. The lowest BCUT2D eigenvalue weighted by molar-refractivity contribution is 0.414. The van der Waals surface area contributed by atoms with Gasteiger partial charge in [-0.05, 0) is 43.5 Å². The summed E-state index contributed by atoms with van der Waals surface area (Å²) in [6.07, 6.45) is 2.11. The Morgan fingerprint density at radius 2 is 1.88 bits per heavy atom. The lowest BCUT2D eigenvalue weighted by atomic mass is 10.1. The van der Waals surface area contributed by atoms with Crippen molar-refractivity contribution in [2.24, 2.45) is 4.99 Å². The van der Waals surface area contributed by atoms with Gasteiger partial charge in [0.25, 0.3) is 0 Å². The number of aromatic nitrogens is 1. The molecular weight excluding hydrogens is 310 g/mol. The van der Waals surface area contributed by atoms with Crippen LogP contribution in [0.15, 0.2) is 41.9 Å². The van der Waals surface area contributed by atoms with E-state index in [1.165, 1.54) is 11.3 Å². The van der Waals surface area contributed by atoms with Gasteiger partial charge < -0.3 is 14.2 Å². The number of fused-ring (bicyclic) bond motifs is 1. The molecule has 0 spiro atoms. The molecule has 0 atom stereocenters. The number of hydrogen-bond acceptors (Lipinski definition) is 3. The SMILES string of the molecule is C=C1c2cc(CC)n(CCC)c2N=C(C)N1Cc1ccc(OC)cc1. The molecule has 2 aromatic rings. The van der Waals surface area contributed by atoms with Crippen molar-refractivity contribution in [2.45, 2.75) is 46.7 Å². The highest BCUT2D eigenvalue weighted by Crippen LogP contribution is 2.37. The summed E-state index contributed by atoms with van der Waals surface area (Å²) >= 11 is 0. The van der Waals surface area contributed by atoms with Crippen LogP contribution < -0.4 is 4.74 Å². The average molecular weight is 337 g/mol. The second-order valence-corrected chi connectivity index (χ2v) is 6.42. The standard InChI is InChI=1S/C21H27N3O/c1-6-12-23-18(7-2)13-20-15(3)24(16(4)22-21(20)23)14-17-8-10-19(25-5)11-9-17/h8-11,13H,3,6-7,12,14H2,1-2,4-5H3. The highest BCUT2D eigenvalue weighted by molar-refractivity contribution is 5.96. The predicted molar refractivity (Wildman–Crippen MR) is 104 cm³/mol. The van der Waals surface area contributed by atoms with Gasteiger partial charge in [0.05, 0.1) is 7.11 Å². The Kier molecular flexibility index (Phi) is 4.98. The van der Waals surface area contributed by atoms with Crippen molar-refractivity contribution in [3.63, 3.8) is 0 Å². The fraction of sp³-hybridized carbons (Fsp3) is 0.381. The Hall–Kier alpha value is -2.49. The number of aliphatic imine (C=N–C) groups is 1. The van der Waals surface area contributed by atoms with E-state index in [1.807, 2.05) is 12.1 Å². The van der Waals surface area contributed by atoms with Crippen LogP contribution in [0.1, 0.15) is 44.0 Å². The summed E-state index contributed by atoms with van der Waals surface area (Å²) in [4.78, 5) is 7.11. The fourth-order valence-corrected chi connectivity index (χ4v) is 3.37. The molecule has 3 rings (SSSR count). The molecule has 0 aliphatic carbocycles. The minimum atomic E-state index is 0.762. The minimum absolute atomic E-state index is 0.762. The second kappa shape index (κ2) is 7.18. The number of methoxy groups -OCH3 is 1. The lowest BCUT2D eigenvalue weighted by Crippen LogP contribution is -2.28. The van der Waals surface area contributed by atoms with E-state index in [1.54, 1.807) is 7.11 Å². The van der Waals surface area contributed by atoms with E-state index in [0.717, 1.165) is 54.6 Å². The molecule has 1 aromatic carbocycles. The van der Waals surface area contributed by atoms with Gasteiger partial charge in [-0.15, -0.1) is 0 Å². The Morgan fingerprint density at radius 1 is 1.16 bits per heavy atom. The van der Waals surface area contributed by atoms with Crippen LogP contribution in [0.4, 0.5) is 5.82 Å². The quantitative estimate of drug-likeness (QED) is 0.742. The first-order chi connectivity index (χ1) is 12.1. The Labute approximate surface area is 150 Å². The van der Waals surface area contributed by atoms with Gasteiger partial charge in [-0.1, -0.05) is 32.6 Å². The molecule has 4 nitrogen and oxygen atoms in total. The van der Waals surface area contributed by atoms with Crippen LogP contribution >= 0.6 is 0 Å². The first-order valence-electron chi connectivity index (χ1n) is 8.96. The first-order valence-corrected chi connectivity index (χ1v) is 8.96. The summed E-state index contributed by atoms with van der Waals surface area (Å²) < 4.78 is 7.58. The highest BCUT2D eigenvalue weighted by atomic mass is 16.5.